The monoisotopic (exact) mass is 290 g/mol. The van der Waals surface area contributed by atoms with Crippen LogP contribution in [0.25, 0.3) is 0 Å². The molecule has 0 heterocycles. The van der Waals surface area contributed by atoms with Gasteiger partial charge < -0.3 is 5.11 Å². The SMILES string of the molecule is CCc1cccc(I)c1CC(=O)O. The highest BCUT2D eigenvalue weighted by Crippen LogP contribution is 2.18. The summed E-state index contributed by atoms with van der Waals surface area (Å²) in [6.45, 7) is 2.04. The molecule has 2 nitrogen and oxygen atoms in total. The summed E-state index contributed by atoms with van der Waals surface area (Å²) in [7, 11) is 0. The summed E-state index contributed by atoms with van der Waals surface area (Å²) in [5.41, 5.74) is 2.09. The van der Waals surface area contributed by atoms with Crippen molar-refractivity contribution in [3.8, 4) is 0 Å². The van der Waals surface area contributed by atoms with Crippen LogP contribution < -0.4 is 0 Å². The third kappa shape index (κ3) is 2.69. The minimum absolute atomic E-state index is 0.127. The molecule has 0 unspecified atom stereocenters. The fourth-order valence-corrected chi connectivity index (χ4v) is 2.03. The minimum atomic E-state index is -0.765. The molecule has 0 aliphatic rings. The van der Waals surface area contributed by atoms with Crippen LogP contribution in [0, 0.1) is 3.57 Å². The number of benzene rings is 1. The first-order valence-electron chi connectivity index (χ1n) is 4.13. The van der Waals surface area contributed by atoms with Crippen LogP contribution in [0.4, 0.5) is 0 Å². The summed E-state index contributed by atoms with van der Waals surface area (Å²) in [6.07, 6.45) is 1.02. The second-order valence-electron chi connectivity index (χ2n) is 2.80. The van der Waals surface area contributed by atoms with Crippen LogP contribution in [-0.4, -0.2) is 11.1 Å². The van der Waals surface area contributed by atoms with Crippen LogP contribution >= 0.6 is 22.6 Å². The van der Waals surface area contributed by atoms with Crippen molar-refractivity contribution in [2.45, 2.75) is 19.8 Å². The van der Waals surface area contributed by atoms with Crippen LogP contribution in [0.15, 0.2) is 18.2 Å². The molecule has 0 fully saturated rings. The molecule has 0 atom stereocenters. The van der Waals surface area contributed by atoms with Crippen molar-refractivity contribution in [1.29, 1.82) is 0 Å². The van der Waals surface area contributed by atoms with E-state index in [-0.39, 0.29) is 6.42 Å². The molecule has 0 saturated carbocycles. The Morgan fingerprint density at radius 1 is 1.54 bits per heavy atom. The van der Waals surface area contributed by atoms with E-state index in [9.17, 15) is 4.79 Å². The van der Waals surface area contributed by atoms with Crippen molar-refractivity contribution < 1.29 is 9.90 Å². The third-order valence-corrected chi connectivity index (χ3v) is 2.94. The molecule has 0 spiro atoms. The maximum absolute atomic E-state index is 10.6. The molecule has 0 bridgehead atoms. The fourth-order valence-electron chi connectivity index (χ4n) is 1.28. The topological polar surface area (TPSA) is 37.3 Å². The second-order valence-corrected chi connectivity index (χ2v) is 3.96. The molecule has 0 aliphatic heterocycles. The van der Waals surface area contributed by atoms with Crippen LogP contribution in [-0.2, 0) is 17.6 Å². The Balaban J connectivity index is 3.07. The van der Waals surface area contributed by atoms with Gasteiger partial charge in [-0.2, -0.15) is 0 Å². The number of halogens is 1. The van der Waals surface area contributed by atoms with E-state index in [4.69, 9.17) is 5.11 Å². The van der Waals surface area contributed by atoms with Crippen LogP contribution in [0.1, 0.15) is 18.1 Å². The molecule has 1 N–H and O–H groups in total. The summed E-state index contributed by atoms with van der Waals surface area (Å²) in [5.74, 6) is -0.765. The van der Waals surface area contributed by atoms with Crippen molar-refractivity contribution in [2.75, 3.05) is 0 Å². The van der Waals surface area contributed by atoms with Gasteiger partial charge >= 0.3 is 5.97 Å². The van der Waals surface area contributed by atoms with E-state index < -0.39 is 5.97 Å². The summed E-state index contributed by atoms with van der Waals surface area (Å²) in [4.78, 5) is 10.6. The number of carbonyl (C=O) groups is 1. The van der Waals surface area contributed by atoms with E-state index in [0.717, 1.165) is 21.1 Å². The number of rotatable bonds is 3. The number of aliphatic carboxylic acids is 1. The predicted molar refractivity (Wildman–Crippen MR) is 59.9 cm³/mol. The summed E-state index contributed by atoms with van der Waals surface area (Å²) in [5, 5.41) is 8.71. The van der Waals surface area contributed by atoms with Crippen molar-refractivity contribution in [3.05, 3.63) is 32.9 Å². The lowest BCUT2D eigenvalue weighted by atomic mass is 10.0. The van der Waals surface area contributed by atoms with E-state index in [1.165, 1.54) is 0 Å². The molecule has 0 aromatic heterocycles. The average molecular weight is 290 g/mol. The first kappa shape index (κ1) is 10.5. The maximum atomic E-state index is 10.6. The Labute approximate surface area is 91.1 Å². The number of hydrogen-bond donors (Lipinski definition) is 1. The van der Waals surface area contributed by atoms with Crippen molar-refractivity contribution in [1.82, 2.24) is 0 Å². The standard InChI is InChI=1S/C10H11IO2/c1-2-7-4-3-5-9(11)8(7)6-10(12)13/h3-5H,2,6H2,1H3,(H,12,13). The van der Waals surface area contributed by atoms with E-state index >= 15 is 0 Å². The minimum Gasteiger partial charge on any atom is -0.481 e. The first-order chi connectivity index (χ1) is 6.15. The lowest BCUT2D eigenvalue weighted by molar-refractivity contribution is -0.136. The van der Waals surface area contributed by atoms with Crippen LogP contribution in [0.3, 0.4) is 0 Å². The van der Waals surface area contributed by atoms with Gasteiger partial charge in [0, 0.05) is 3.57 Å². The molecular formula is C10H11IO2. The van der Waals surface area contributed by atoms with E-state index in [0.29, 0.717) is 0 Å². The molecule has 70 valence electrons. The highest BCUT2D eigenvalue weighted by molar-refractivity contribution is 14.1. The molecule has 1 rings (SSSR count). The highest BCUT2D eigenvalue weighted by Gasteiger charge is 2.08. The Kier molecular flexibility index (Phi) is 3.71. The molecular weight excluding hydrogens is 279 g/mol. The van der Waals surface area contributed by atoms with Gasteiger partial charge in [-0.1, -0.05) is 19.1 Å². The van der Waals surface area contributed by atoms with Gasteiger partial charge in [-0.3, -0.25) is 4.79 Å². The molecule has 0 amide bonds. The third-order valence-electron chi connectivity index (χ3n) is 1.92. The molecule has 1 aromatic rings. The highest BCUT2D eigenvalue weighted by atomic mass is 127. The molecule has 13 heavy (non-hydrogen) atoms. The number of aryl methyl sites for hydroxylation is 1. The lowest BCUT2D eigenvalue weighted by Gasteiger charge is -2.07. The number of hydrogen-bond acceptors (Lipinski definition) is 1. The predicted octanol–water partition coefficient (Wildman–Crippen LogP) is 2.48. The van der Waals surface area contributed by atoms with Gasteiger partial charge in [0.05, 0.1) is 6.42 Å². The summed E-state index contributed by atoms with van der Waals surface area (Å²) in [6, 6.07) is 5.89. The van der Waals surface area contributed by atoms with Crippen LogP contribution in [0.2, 0.25) is 0 Å². The molecule has 0 radical (unpaired) electrons. The largest absolute Gasteiger partial charge is 0.481 e. The van der Waals surface area contributed by atoms with Gasteiger partial charge in [0.15, 0.2) is 0 Å². The van der Waals surface area contributed by atoms with Crippen LogP contribution in [0.5, 0.6) is 0 Å². The van der Waals surface area contributed by atoms with Gasteiger partial charge in [-0.15, -0.1) is 0 Å². The van der Waals surface area contributed by atoms with E-state index in [2.05, 4.69) is 22.6 Å². The van der Waals surface area contributed by atoms with E-state index in [1.807, 2.05) is 25.1 Å². The number of carboxylic acids is 1. The fraction of sp³-hybridized carbons (Fsp3) is 0.300. The normalized spacial score (nSPS) is 10.0. The van der Waals surface area contributed by atoms with Crippen molar-refractivity contribution in [2.24, 2.45) is 0 Å². The Morgan fingerprint density at radius 3 is 2.77 bits per heavy atom. The Hall–Kier alpha value is -0.580. The molecule has 3 heteroatoms. The zero-order valence-electron chi connectivity index (χ0n) is 7.38. The summed E-state index contributed by atoms with van der Waals surface area (Å²) >= 11 is 2.18. The summed E-state index contributed by atoms with van der Waals surface area (Å²) < 4.78 is 1.04. The smallest absolute Gasteiger partial charge is 0.307 e. The first-order valence-corrected chi connectivity index (χ1v) is 5.21. The Bertz CT molecular complexity index is 321. The lowest BCUT2D eigenvalue weighted by Crippen LogP contribution is -2.05. The molecule has 0 aliphatic carbocycles. The maximum Gasteiger partial charge on any atom is 0.307 e. The van der Waals surface area contributed by atoms with Gasteiger partial charge in [-0.25, -0.2) is 0 Å². The van der Waals surface area contributed by atoms with Gasteiger partial charge in [0.2, 0.25) is 0 Å². The zero-order valence-corrected chi connectivity index (χ0v) is 9.54. The van der Waals surface area contributed by atoms with Gasteiger partial charge in [0.1, 0.15) is 0 Å². The van der Waals surface area contributed by atoms with E-state index in [1.54, 1.807) is 0 Å². The number of carboxylic acid groups (broad SMARTS) is 1. The molecule has 1 aromatic carbocycles. The zero-order chi connectivity index (χ0) is 9.84. The van der Waals surface area contributed by atoms with Crippen molar-refractivity contribution in [3.63, 3.8) is 0 Å². The van der Waals surface area contributed by atoms with Gasteiger partial charge in [0.25, 0.3) is 0 Å². The Morgan fingerprint density at radius 2 is 2.23 bits per heavy atom. The van der Waals surface area contributed by atoms with Crippen molar-refractivity contribution >= 4 is 28.6 Å². The average Bonchev–Trinajstić information content (AvgIpc) is 2.08. The quantitative estimate of drug-likeness (QED) is 0.868. The van der Waals surface area contributed by atoms with Gasteiger partial charge in [-0.05, 0) is 46.2 Å². The second kappa shape index (κ2) is 4.60. The molecule has 0 saturated heterocycles.